The maximum absolute atomic E-state index is 12.1. The second kappa shape index (κ2) is 5.80. The van der Waals surface area contributed by atoms with Gasteiger partial charge < -0.3 is 18.9 Å². The van der Waals surface area contributed by atoms with Gasteiger partial charge in [0.2, 0.25) is 11.2 Å². The Bertz CT molecular complexity index is 1000. The van der Waals surface area contributed by atoms with E-state index < -0.39 is 11.3 Å². The van der Waals surface area contributed by atoms with Crippen LogP contribution in [0.1, 0.15) is 10.6 Å². The standard InChI is InChI=1S/C16H11NO6/c1-21-15-8-23-14(7-12(15)19)16(20)17-9-2-3-13-10(6-9)11(18)4-5-22-13/h2-8H,1H3,(H,17,20). The fraction of sp³-hybridized carbons (Fsp3) is 0.0625. The largest absolute Gasteiger partial charge is 0.490 e. The highest BCUT2D eigenvalue weighted by molar-refractivity contribution is 6.03. The molecule has 2 aromatic heterocycles. The van der Waals surface area contributed by atoms with E-state index in [1.54, 1.807) is 12.1 Å². The van der Waals surface area contributed by atoms with Gasteiger partial charge in [0.1, 0.15) is 11.8 Å². The van der Waals surface area contributed by atoms with Gasteiger partial charge in [0.05, 0.1) is 18.8 Å². The van der Waals surface area contributed by atoms with Crippen molar-refractivity contribution in [3.8, 4) is 5.75 Å². The lowest BCUT2D eigenvalue weighted by Gasteiger charge is -2.05. The topological polar surface area (TPSA) is 98.8 Å². The second-order valence-electron chi connectivity index (χ2n) is 4.63. The van der Waals surface area contributed by atoms with Crippen LogP contribution in [0, 0.1) is 0 Å². The Labute approximate surface area is 129 Å². The van der Waals surface area contributed by atoms with E-state index >= 15 is 0 Å². The highest BCUT2D eigenvalue weighted by atomic mass is 16.5. The van der Waals surface area contributed by atoms with Gasteiger partial charge in [-0.3, -0.25) is 14.4 Å². The van der Waals surface area contributed by atoms with Gasteiger partial charge in [-0.1, -0.05) is 0 Å². The first kappa shape index (κ1) is 14.6. The Morgan fingerprint density at radius 2 is 1.91 bits per heavy atom. The maximum Gasteiger partial charge on any atom is 0.291 e. The van der Waals surface area contributed by atoms with Crippen LogP contribution in [0.5, 0.6) is 5.75 Å². The van der Waals surface area contributed by atoms with Crippen molar-refractivity contribution in [1.82, 2.24) is 0 Å². The normalized spacial score (nSPS) is 10.5. The number of ether oxygens (including phenoxy) is 1. The van der Waals surface area contributed by atoms with Crippen molar-refractivity contribution in [3.05, 3.63) is 69.1 Å². The van der Waals surface area contributed by atoms with Crippen LogP contribution >= 0.6 is 0 Å². The molecular formula is C16H11NO6. The van der Waals surface area contributed by atoms with E-state index in [-0.39, 0.29) is 16.9 Å². The first-order valence-corrected chi connectivity index (χ1v) is 6.58. The van der Waals surface area contributed by atoms with Gasteiger partial charge >= 0.3 is 0 Å². The monoisotopic (exact) mass is 313 g/mol. The summed E-state index contributed by atoms with van der Waals surface area (Å²) in [7, 11) is 1.33. The molecule has 0 saturated carbocycles. The minimum Gasteiger partial charge on any atom is -0.490 e. The molecule has 0 spiro atoms. The summed E-state index contributed by atoms with van der Waals surface area (Å²) in [6, 6.07) is 6.95. The summed E-state index contributed by atoms with van der Waals surface area (Å²) in [5, 5.41) is 2.88. The van der Waals surface area contributed by atoms with Crippen LogP contribution in [0.25, 0.3) is 11.0 Å². The summed E-state index contributed by atoms with van der Waals surface area (Å²) in [6.07, 6.45) is 2.36. The molecule has 2 heterocycles. The van der Waals surface area contributed by atoms with Crippen molar-refractivity contribution < 1.29 is 18.4 Å². The molecule has 23 heavy (non-hydrogen) atoms. The highest BCUT2D eigenvalue weighted by Crippen LogP contribution is 2.17. The number of benzene rings is 1. The molecule has 0 aliphatic rings. The van der Waals surface area contributed by atoms with Crippen molar-refractivity contribution >= 4 is 22.6 Å². The van der Waals surface area contributed by atoms with Crippen LogP contribution in [-0.4, -0.2) is 13.0 Å². The first-order valence-electron chi connectivity index (χ1n) is 6.58. The number of methoxy groups -OCH3 is 1. The average Bonchev–Trinajstić information content (AvgIpc) is 2.55. The number of hydrogen-bond donors (Lipinski definition) is 1. The quantitative estimate of drug-likeness (QED) is 0.794. The third kappa shape index (κ3) is 2.84. The Kier molecular flexibility index (Phi) is 3.68. The third-order valence-electron chi connectivity index (χ3n) is 3.16. The Morgan fingerprint density at radius 1 is 1.09 bits per heavy atom. The van der Waals surface area contributed by atoms with E-state index in [9.17, 15) is 14.4 Å². The minimum absolute atomic E-state index is 0.00450. The molecule has 0 aliphatic carbocycles. The smallest absolute Gasteiger partial charge is 0.291 e. The number of anilines is 1. The molecule has 1 N–H and O–H groups in total. The number of nitrogens with one attached hydrogen (secondary N) is 1. The molecule has 7 nitrogen and oxygen atoms in total. The molecule has 0 bridgehead atoms. The first-order chi connectivity index (χ1) is 11.1. The maximum atomic E-state index is 12.1. The Morgan fingerprint density at radius 3 is 2.65 bits per heavy atom. The predicted octanol–water partition coefficient (Wildman–Crippen LogP) is 2.01. The molecule has 1 aromatic carbocycles. The zero-order valence-corrected chi connectivity index (χ0v) is 12.0. The van der Waals surface area contributed by atoms with Crippen LogP contribution in [0.4, 0.5) is 5.69 Å². The van der Waals surface area contributed by atoms with Gasteiger partial charge in [0, 0.05) is 17.8 Å². The molecular weight excluding hydrogens is 302 g/mol. The van der Waals surface area contributed by atoms with Gasteiger partial charge in [-0.15, -0.1) is 0 Å². The van der Waals surface area contributed by atoms with Crippen LogP contribution in [0.3, 0.4) is 0 Å². The van der Waals surface area contributed by atoms with Crippen molar-refractivity contribution in [3.63, 3.8) is 0 Å². The number of carbonyl (C=O) groups is 1. The number of carbonyl (C=O) groups excluding carboxylic acids is 1. The molecule has 0 aliphatic heterocycles. The number of fused-ring (bicyclic) bond motifs is 1. The lowest BCUT2D eigenvalue weighted by Crippen LogP contribution is -2.15. The van der Waals surface area contributed by atoms with Crippen LogP contribution in [0.2, 0.25) is 0 Å². The van der Waals surface area contributed by atoms with Crippen molar-refractivity contribution in [2.75, 3.05) is 12.4 Å². The summed E-state index contributed by atoms with van der Waals surface area (Å²) < 4.78 is 15.0. The van der Waals surface area contributed by atoms with Gasteiger partial charge in [-0.05, 0) is 18.2 Å². The molecule has 0 fully saturated rings. The predicted molar refractivity (Wildman–Crippen MR) is 82.0 cm³/mol. The van der Waals surface area contributed by atoms with Crippen LogP contribution in [0.15, 0.2) is 61.3 Å². The van der Waals surface area contributed by atoms with E-state index in [4.69, 9.17) is 13.6 Å². The van der Waals surface area contributed by atoms with E-state index in [0.29, 0.717) is 16.7 Å². The molecule has 0 radical (unpaired) electrons. The van der Waals surface area contributed by atoms with Gasteiger partial charge in [0.25, 0.3) is 5.91 Å². The molecule has 0 unspecified atom stereocenters. The van der Waals surface area contributed by atoms with E-state index in [2.05, 4.69) is 5.32 Å². The van der Waals surface area contributed by atoms with Crippen molar-refractivity contribution in [2.24, 2.45) is 0 Å². The summed E-state index contributed by atoms with van der Waals surface area (Å²) in [5.74, 6) is -0.787. The zero-order valence-electron chi connectivity index (χ0n) is 12.0. The van der Waals surface area contributed by atoms with Gasteiger partial charge in [-0.25, -0.2) is 0 Å². The molecule has 3 aromatic rings. The van der Waals surface area contributed by atoms with Gasteiger partial charge in [0.15, 0.2) is 11.2 Å². The van der Waals surface area contributed by atoms with E-state index in [1.807, 2.05) is 0 Å². The summed E-state index contributed by atoms with van der Waals surface area (Å²) in [6.45, 7) is 0. The molecule has 3 rings (SSSR count). The van der Waals surface area contributed by atoms with Crippen molar-refractivity contribution in [1.29, 1.82) is 0 Å². The number of rotatable bonds is 3. The average molecular weight is 313 g/mol. The van der Waals surface area contributed by atoms with E-state index in [1.165, 1.54) is 25.5 Å². The summed E-state index contributed by atoms with van der Waals surface area (Å²) >= 11 is 0. The third-order valence-corrected chi connectivity index (χ3v) is 3.16. The Balaban J connectivity index is 1.91. The zero-order chi connectivity index (χ0) is 16.4. The Hall–Kier alpha value is -3.35. The minimum atomic E-state index is -0.621. The lowest BCUT2D eigenvalue weighted by molar-refractivity contribution is 0.0993. The second-order valence-corrected chi connectivity index (χ2v) is 4.63. The SMILES string of the molecule is COc1coc(C(=O)Nc2ccc3occc(=O)c3c2)cc1=O. The fourth-order valence-electron chi connectivity index (χ4n) is 2.02. The van der Waals surface area contributed by atoms with Gasteiger partial charge in [-0.2, -0.15) is 0 Å². The molecule has 7 heteroatoms. The van der Waals surface area contributed by atoms with E-state index in [0.717, 1.165) is 12.3 Å². The van der Waals surface area contributed by atoms with Crippen LogP contribution in [-0.2, 0) is 0 Å². The van der Waals surface area contributed by atoms with Crippen LogP contribution < -0.4 is 20.9 Å². The highest BCUT2D eigenvalue weighted by Gasteiger charge is 2.12. The number of hydrogen-bond acceptors (Lipinski definition) is 6. The molecule has 0 atom stereocenters. The van der Waals surface area contributed by atoms with Crippen molar-refractivity contribution in [2.45, 2.75) is 0 Å². The molecule has 1 amide bonds. The summed E-state index contributed by atoms with van der Waals surface area (Å²) in [4.78, 5) is 35.5. The lowest BCUT2D eigenvalue weighted by atomic mass is 10.2. The molecule has 0 saturated heterocycles. The molecule has 116 valence electrons. The fourth-order valence-corrected chi connectivity index (χ4v) is 2.02. The summed E-state index contributed by atoms with van der Waals surface area (Å²) in [5.41, 5.74) is 0.0901. The number of amides is 1.